The van der Waals surface area contributed by atoms with Gasteiger partial charge in [0.25, 0.3) is 0 Å². The lowest BCUT2D eigenvalue weighted by molar-refractivity contribution is -0.172. The smallest absolute Gasteiger partial charge is 0.338 e. The highest BCUT2D eigenvalue weighted by molar-refractivity contribution is 5.98. The molecular formula is C51H66N2O11. The highest BCUT2D eigenvalue weighted by Gasteiger charge is 2.57. The fraction of sp³-hybridized carbons (Fsp3) is 0.608. The number of rotatable bonds is 12. The number of fused-ring (bicyclic) bond motifs is 4. The Morgan fingerprint density at radius 2 is 1.66 bits per heavy atom. The van der Waals surface area contributed by atoms with Gasteiger partial charge in [-0.05, 0) is 125 Å². The average Bonchev–Trinajstić information content (AvgIpc) is 3.51. The first kappa shape index (κ1) is 46.1. The van der Waals surface area contributed by atoms with Crippen molar-refractivity contribution in [2.45, 2.75) is 172 Å². The molecule has 2 saturated carbocycles. The highest BCUT2D eigenvalue weighted by atomic mass is 16.8. The number of aliphatic hydroxyl groups excluding tert-OH is 2. The second-order valence-electron chi connectivity index (χ2n) is 21.0. The number of ether oxygens (including phenoxy) is 5. The van der Waals surface area contributed by atoms with Crippen molar-refractivity contribution >= 4 is 29.8 Å². The molecule has 346 valence electrons. The van der Waals surface area contributed by atoms with E-state index in [2.05, 4.69) is 37.5 Å². The molecule has 4 N–H and O–H groups in total. The van der Waals surface area contributed by atoms with E-state index in [-0.39, 0.29) is 30.4 Å². The Hall–Kier alpha value is -4.40. The quantitative estimate of drug-likeness (QED) is 0.144. The van der Waals surface area contributed by atoms with Gasteiger partial charge in [0.1, 0.15) is 30.0 Å². The van der Waals surface area contributed by atoms with Crippen LogP contribution in [0.15, 0.2) is 65.8 Å². The maximum Gasteiger partial charge on any atom is 0.338 e. The molecule has 6 aliphatic rings. The number of amides is 2. The first-order valence-corrected chi connectivity index (χ1v) is 23.2. The monoisotopic (exact) mass is 882 g/mol. The molecule has 8 rings (SSSR count). The van der Waals surface area contributed by atoms with Crippen molar-refractivity contribution in [3.8, 4) is 0 Å². The second-order valence-corrected chi connectivity index (χ2v) is 21.0. The molecule has 2 aromatic rings. The van der Waals surface area contributed by atoms with Crippen LogP contribution in [-0.4, -0.2) is 100 Å². The maximum absolute atomic E-state index is 14.1. The van der Waals surface area contributed by atoms with Crippen LogP contribution in [0, 0.1) is 17.3 Å². The Morgan fingerprint density at radius 3 is 2.30 bits per heavy atom. The van der Waals surface area contributed by atoms with Crippen molar-refractivity contribution in [2.24, 2.45) is 17.3 Å². The van der Waals surface area contributed by atoms with Gasteiger partial charge in [0, 0.05) is 31.3 Å². The number of allylic oxidation sites excluding steroid dienone is 1. The molecule has 64 heavy (non-hydrogen) atoms. The molecule has 4 aliphatic carbocycles. The lowest BCUT2D eigenvalue weighted by Gasteiger charge is -2.53. The summed E-state index contributed by atoms with van der Waals surface area (Å²) in [6.45, 7) is 13.1. The number of carbonyl (C=O) groups is 4. The molecule has 2 amide bonds. The van der Waals surface area contributed by atoms with Crippen molar-refractivity contribution in [3.63, 3.8) is 0 Å². The third-order valence-corrected chi connectivity index (χ3v) is 14.4. The zero-order valence-electron chi connectivity index (χ0n) is 38.3. The van der Waals surface area contributed by atoms with E-state index >= 15 is 0 Å². The lowest BCUT2D eigenvalue weighted by Crippen LogP contribution is -2.55. The zero-order chi connectivity index (χ0) is 45.8. The van der Waals surface area contributed by atoms with Gasteiger partial charge in [-0.3, -0.25) is 14.4 Å². The molecule has 0 radical (unpaired) electrons. The SMILES string of the molecule is C[C@H](O)[C@@H](NC(=O)C1=C[C@H]2OC3(Cc4ccccc4C3)O[C@H]2[C@H](OC(=O)c2ccc(C=C3CCC4O[C@]4(C)CC[C@@H]4[C@@H]3CC4(C)C)cc2)C1)C(=O)N[C@H](CO)CCC(=O)OC(C)(C)C. The zero-order valence-corrected chi connectivity index (χ0v) is 38.3. The third kappa shape index (κ3) is 10.0. The van der Waals surface area contributed by atoms with Gasteiger partial charge in [0.05, 0.1) is 36.0 Å². The summed E-state index contributed by atoms with van der Waals surface area (Å²) in [5, 5.41) is 26.0. The molecule has 13 nitrogen and oxygen atoms in total. The highest BCUT2D eigenvalue weighted by Crippen LogP contribution is 2.60. The van der Waals surface area contributed by atoms with E-state index in [1.807, 2.05) is 36.4 Å². The molecule has 2 saturated heterocycles. The number of nitrogens with one attached hydrogen (secondary N) is 2. The van der Waals surface area contributed by atoms with Gasteiger partial charge in [0.15, 0.2) is 5.79 Å². The summed E-state index contributed by atoms with van der Waals surface area (Å²) in [5.41, 5.74) is 4.84. The molecular weight excluding hydrogens is 817 g/mol. The van der Waals surface area contributed by atoms with Crippen molar-refractivity contribution < 1.29 is 53.1 Å². The summed E-state index contributed by atoms with van der Waals surface area (Å²) in [6, 6.07) is 13.2. The molecule has 2 aromatic carbocycles. The number of esters is 2. The predicted molar refractivity (Wildman–Crippen MR) is 237 cm³/mol. The van der Waals surface area contributed by atoms with E-state index in [1.54, 1.807) is 39.0 Å². The van der Waals surface area contributed by atoms with Crippen LogP contribution in [-0.2, 0) is 50.9 Å². The van der Waals surface area contributed by atoms with Gasteiger partial charge in [0.2, 0.25) is 11.8 Å². The summed E-state index contributed by atoms with van der Waals surface area (Å²) >= 11 is 0. The molecule has 13 heteroatoms. The molecule has 0 aromatic heterocycles. The molecule has 2 aliphatic heterocycles. The Morgan fingerprint density at radius 1 is 0.953 bits per heavy atom. The number of hydrogen-bond acceptors (Lipinski definition) is 11. The maximum atomic E-state index is 14.1. The van der Waals surface area contributed by atoms with Crippen LogP contribution >= 0.6 is 0 Å². The van der Waals surface area contributed by atoms with Crippen LogP contribution in [0.2, 0.25) is 0 Å². The number of carbonyl (C=O) groups excluding carboxylic acids is 4. The van der Waals surface area contributed by atoms with Crippen LogP contribution in [0.25, 0.3) is 6.08 Å². The minimum atomic E-state index is -1.41. The van der Waals surface area contributed by atoms with Crippen LogP contribution < -0.4 is 10.6 Å². The summed E-state index contributed by atoms with van der Waals surface area (Å²) in [6.07, 6.45) is 6.94. The normalized spacial score (nSPS) is 30.6. The van der Waals surface area contributed by atoms with E-state index in [9.17, 15) is 29.4 Å². The van der Waals surface area contributed by atoms with Gasteiger partial charge in [-0.25, -0.2) is 4.79 Å². The van der Waals surface area contributed by atoms with Crippen molar-refractivity contribution in [3.05, 3.63) is 88.0 Å². The fourth-order valence-electron chi connectivity index (χ4n) is 10.8. The standard InChI is InChI=1S/C51H66N2O11/c1-29(55)43(46(58)52-36(28-54)17-19-42(56)63-48(2,3)4)53-45(57)35-23-39(44-40(24-35)61-51(64-44)25-33-10-8-9-11-34(33)26-51)60-47(59)31-14-12-30(13-15-31)22-32-16-18-41-50(7,62-41)21-20-38-37(32)27-49(38,5)6/h8-15,22,24,29,36-41,43-44,54-55H,16-21,23,25-28H2,1-7H3,(H,52,58)(H,53,57)/t29-,36-,37+,38+,39+,40+,41?,43+,44-,50+/m0/s1. The first-order valence-electron chi connectivity index (χ1n) is 23.2. The Balaban J connectivity index is 0.965. The predicted octanol–water partition coefficient (Wildman–Crippen LogP) is 6.06. The van der Waals surface area contributed by atoms with E-state index in [4.69, 9.17) is 23.7 Å². The van der Waals surface area contributed by atoms with E-state index in [1.165, 1.54) is 18.9 Å². The Bertz CT molecular complexity index is 2150. The van der Waals surface area contributed by atoms with Crippen molar-refractivity contribution in [1.29, 1.82) is 0 Å². The fourth-order valence-corrected chi connectivity index (χ4v) is 10.8. The van der Waals surface area contributed by atoms with Gasteiger partial charge in [-0.1, -0.05) is 61.9 Å². The third-order valence-electron chi connectivity index (χ3n) is 14.4. The number of hydrogen-bond donors (Lipinski definition) is 4. The van der Waals surface area contributed by atoms with E-state index in [0.717, 1.165) is 42.4 Å². The summed E-state index contributed by atoms with van der Waals surface area (Å²) in [7, 11) is 0. The average molecular weight is 883 g/mol. The lowest BCUT2D eigenvalue weighted by atomic mass is 9.52. The summed E-state index contributed by atoms with van der Waals surface area (Å²) < 4.78 is 31.0. The minimum Gasteiger partial charge on any atom is -0.460 e. The van der Waals surface area contributed by atoms with Crippen LogP contribution in [0.1, 0.15) is 127 Å². The van der Waals surface area contributed by atoms with Crippen molar-refractivity contribution in [1.82, 2.24) is 10.6 Å². The van der Waals surface area contributed by atoms with Gasteiger partial charge < -0.3 is 44.5 Å². The number of epoxide rings is 1. The van der Waals surface area contributed by atoms with Crippen LogP contribution in [0.3, 0.4) is 0 Å². The molecule has 1 unspecified atom stereocenters. The van der Waals surface area contributed by atoms with Gasteiger partial charge in [-0.15, -0.1) is 0 Å². The van der Waals surface area contributed by atoms with Gasteiger partial charge >= 0.3 is 11.9 Å². The largest absolute Gasteiger partial charge is 0.460 e. The molecule has 0 bridgehead atoms. The van der Waals surface area contributed by atoms with E-state index in [0.29, 0.717) is 41.8 Å². The molecule has 2 heterocycles. The number of benzene rings is 2. The molecule has 4 fully saturated rings. The van der Waals surface area contributed by atoms with Crippen LogP contribution in [0.5, 0.6) is 0 Å². The van der Waals surface area contributed by atoms with Crippen molar-refractivity contribution in [2.75, 3.05) is 6.61 Å². The Kier molecular flexibility index (Phi) is 12.8. The van der Waals surface area contributed by atoms with Gasteiger partial charge in [-0.2, -0.15) is 0 Å². The van der Waals surface area contributed by atoms with E-state index < -0.39 is 78.2 Å². The Labute approximate surface area is 376 Å². The molecule has 10 atom stereocenters. The summed E-state index contributed by atoms with van der Waals surface area (Å²) in [4.78, 5) is 53.8. The minimum absolute atomic E-state index is 0.0128. The number of aliphatic hydroxyl groups is 2. The second kappa shape index (κ2) is 17.8. The first-order chi connectivity index (χ1) is 30.2. The molecule has 1 spiro atoms. The van der Waals surface area contributed by atoms with Crippen LogP contribution in [0.4, 0.5) is 0 Å². The summed E-state index contributed by atoms with van der Waals surface area (Å²) in [5.74, 6) is -2.32. The topological polar surface area (TPSA) is 182 Å².